The van der Waals surface area contributed by atoms with E-state index in [9.17, 15) is 5.11 Å². The van der Waals surface area contributed by atoms with E-state index in [2.05, 4.69) is 27.7 Å². The highest BCUT2D eigenvalue weighted by Crippen LogP contribution is 2.68. The molecule has 2 aliphatic rings. The molecular weight excluding hydrogens is 160 g/mol. The second kappa shape index (κ2) is 2.13. The van der Waals surface area contributed by atoms with E-state index in [0.29, 0.717) is 22.7 Å². The average molecular weight is 182 g/mol. The van der Waals surface area contributed by atoms with Crippen molar-refractivity contribution < 1.29 is 5.11 Å². The van der Waals surface area contributed by atoms with Crippen molar-refractivity contribution in [3.63, 3.8) is 0 Å². The minimum atomic E-state index is -0.399. The zero-order valence-electron chi connectivity index (χ0n) is 9.52. The fourth-order valence-corrected chi connectivity index (χ4v) is 4.30. The quantitative estimate of drug-likeness (QED) is 0.611. The summed E-state index contributed by atoms with van der Waals surface area (Å²) >= 11 is 0. The van der Waals surface area contributed by atoms with Crippen LogP contribution in [-0.4, -0.2) is 10.7 Å². The number of hydrogen-bond acceptors (Lipinski definition) is 1. The molecule has 2 bridgehead atoms. The smallest absolute Gasteiger partial charge is 0.0656 e. The van der Waals surface area contributed by atoms with E-state index in [1.165, 1.54) is 6.42 Å². The zero-order chi connectivity index (χ0) is 10.1. The topological polar surface area (TPSA) is 20.2 Å². The Kier molecular flexibility index (Phi) is 1.56. The molecule has 0 radical (unpaired) electrons. The third-order valence-corrected chi connectivity index (χ3v) is 4.84. The van der Waals surface area contributed by atoms with E-state index >= 15 is 0 Å². The number of rotatable bonds is 0. The van der Waals surface area contributed by atoms with Crippen LogP contribution in [0.3, 0.4) is 0 Å². The Balaban J connectivity index is 2.40. The first-order valence-electron chi connectivity index (χ1n) is 5.40. The molecule has 0 heterocycles. The monoisotopic (exact) mass is 182 g/mol. The lowest BCUT2D eigenvalue weighted by molar-refractivity contribution is -0.0270. The van der Waals surface area contributed by atoms with Gasteiger partial charge in [-0.2, -0.15) is 0 Å². The molecule has 3 unspecified atom stereocenters. The summed E-state index contributed by atoms with van der Waals surface area (Å²) in [5, 5.41) is 10.3. The van der Waals surface area contributed by atoms with E-state index in [0.717, 1.165) is 6.42 Å². The lowest BCUT2D eigenvalue weighted by atomic mass is 9.71. The SMILES string of the molecule is CC1(C)CC2C(C)(O)CC1C2(C)C. The highest BCUT2D eigenvalue weighted by atomic mass is 16.3. The van der Waals surface area contributed by atoms with Gasteiger partial charge in [0.1, 0.15) is 0 Å². The van der Waals surface area contributed by atoms with E-state index in [1.54, 1.807) is 0 Å². The van der Waals surface area contributed by atoms with Crippen LogP contribution in [0.2, 0.25) is 0 Å². The summed E-state index contributed by atoms with van der Waals surface area (Å²) in [6, 6.07) is 0. The molecular formula is C12H22O. The van der Waals surface area contributed by atoms with E-state index in [4.69, 9.17) is 0 Å². The Labute approximate surface area is 81.5 Å². The predicted octanol–water partition coefficient (Wildman–Crippen LogP) is 2.83. The van der Waals surface area contributed by atoms with Gasteiger partial charge in [0.25, 0.3) is 0 Å². The summed E-state index contributed by atoms with van der Waals surface area (Å²) < 4.78 is 0. The first-order chi connectivity index (χ1) is 5.68. The van der Waals surface area contributed by atoms with Crippen molar-refractivity contribution in [3.05, 3.63) is 0 Å². The van der Waals surface area contributed by atoms with Gasteiger partial charge in [-0.3, -0.25) is 0 Å². The van der Waals surface area contributed by atoms with Crippen LogP contribution >= 0.6 is 0 Å². The molecule has 0 aromatic heterocycles. The molecule has 2 rings (SSSR count). The molecule has 0 spiro atoms. The maximum atomic E-state index is 10.3. The fourth-order valence-electron chi connectivity index (χ4n) is 4.30. The summed E-state index contributed by atoms with van der Waals surface area (Å²) in [5.41, 5.74) is 0.382. The number of hydrogen-bond donors (Lipinski definition) is 1. The zero-order valence-corrected chi connectivity index (χ0v) is 9.52. The average Bonchev–Trinajstić information content (AvgIpc) is 2.17. The standard InChI is InChI=1S/C12H22O/c1-10(2)6-9-11(3,4)8(10)7-12(9,5)13/h8-9,13H,6-7H2,1-5H3. The van der Waals surface area contributed by atoms with Crippen LogP contribution < -0.4 is 0 Å². The summed E-state index contributed by atoms with van der Waals surface area (Å²) in [4.78, 5) is 0. The van der Waals surface area contributed by atoms with Gasteiger partial charge in [0.05, 0.1) is 5.60 Å². The van der Waals surface area contributed by atoms with Crippen molar-refractivity contribution in [2.24, 2.45) is 22.7 Å². The summed E-state index contributed by atoms with van der Waals surface area (Å²) in [7, 11) is 0. The van der Waals surface area contributed by atoms with Crippen LogP contribution in [0.25, 0.3) is 0 Å². The number of aliphatic hydroxyl groups is 1. The van der Waals surface area contributed by atoms with Crippen molar-refractivity contribution in [3.8, 4) is 0 Å². The van der Waals surface area contributed by atoms with E-state index in [-0.39, 0.29) is 0 Å². The Morgan fingerprint density at radius 3 is 1.69 bits per heavy atom. The van der Waals surface area contributed by atoms with E-state index in [1.807, 2.05) is 6.92 Å². The first-order valence-corrected chi connectivity index (χ1v) is 5.40. The molecule has 2 aliphatic carbocycles. The third kappa shape index (κ3) is 1.03. The molecule has 2 saturated carbocycles. The molecule has 1 heteroatoms. The minimum Gasteiger partial charge on any atom is -0.390 e. The molecule has 0 aliphatic heterocycles. The molecule has 2 fully saturated rings. The van der Waals surface area contributed by atoms with Gasteiger partial charge in [0.2, 0.25) is 0 Å². The molecule has 0 saturated heterocycles. The minimum absolute atomic E-state index is 0.340. The highest BCUT2D eigenvalue weighted by Gasteiger charge is 2.65. The normalized spacial score (nSPS) is 51.2. The van der Waals surface area contributed by atoms with Gasteiger partial charge < -0.3 is 5.11 Å². The lowest BCUT2D eigenvalue weighted by Gasteiger charge is -2.37. The second-order valence-electron chi connectivity index (χ2n) is 6.68. The van der Waals surface area contributed by atoms with Crippen molar-refractivity contribution in [2.45, 2.75) is 53.1 Å². The van der Waals surface area contributed by atoms with Crippen LogP contribution in [0.4, 0.5) is 0 Å². The van der Waals surface area contributed by atoms with Gasteiger partial charge in [-0.25, -0.2) is 0 Å². The van der Waals surface area contributed by atoms with Crippen molar-refractivity contribution in [2.75, 3.05) is 0 Å². The van der Waals surface area contributed by atoms with Crippen LogP contribution in [-0.2, 0) is 0 Å². The van der Waals surface area contributed by atoms with Crippen molar-refractivity contribution in [1.29, 1.82) is 0 Å². The molecule has 0 aromatic rings. The van der Waals surface area contributed by atoms with Crippen molar-refractivity contribution in [1.82, 2.24) is 0 Å². The van der Waals surface area contributed by atoms with E-state index < -0.39 is 5.60 Å². The fraction of sp³-hybridized carbons (Fsp3) is 1.00. The van der Waals surface area contributed by atoms with Gasteiger partial charge in [-0.05, 0) is 42.4 Å². The van der Waals surface area contributed by atoms with Crippen LogP contribution in [0.15, 0.2) is 0 Å². The first kappa shape index (κ1) is 9.51. The van der Waals surface area contributed by atoms with Crippen molar-refractivity contribution >= 4 is 0 Å². The Morgan fingerprint density at radius 1 is 0.923 bits per heavy atom. The molecule has 0 aromatic carbocycles. The van der Waals surface area contributed by atoms with Gasteiger partial charge in [-0.15, -0.1) is 0 Å². The highest BCUT2D eigenvalue weighted by molar-refractivity contribution is 5.14. The van der Waals surface area contributed by atoms with Gasteiger partial charge in [0, 0.05) is 0 Å². The van der Waals surface area contributed by atoms with Gasteiger partial charge in [0.15, 0.2) is 0 Å². The summed E-state index contributed by atoms with van der Waals surface area (Å²) in [6.07, 6.45) is 2.19. The molecule has 3 atom stereocenters. The maximum Gasteiger partial charge on any atom is 0.0656 e. The van der Waals surface area contributed by atoms with Crippen LogP contribution in [0.5, 0.6) is 0 Å². The Morgan fingerprint density at radius 2 is 1.46 bits per heavy atom. The largest absolute Gasteiger partial charge is 0.390 e. The van der Waals surface area contributed by atoms with Gasteiger partial charge >= 0.3 is 0 Å². The van der Waals surface area contributed by atoms with Crippen LogP contribution in [0, 0.1) is 22.7 Å². The second-order valence-corrected chi connectivity index (χ2v) is 6.68. The molecule has 13 heavy (non-hydrogen) atoms. The lowest BCUT2D eigenvalue weighted by Crippen LogP contribution is -2.37. The summed E-state index contributed by atoms with van der Waals surface area (Å²) in [6.45, 7) is 11.4. The summed E-state index contributed by atoms with van der Waals surface area (Å²) in [5.74, 6) is 1.19. The third-order valence-electron chi connectivity index (χ3n) is 4.84. The molecule has 1 nitrogen and oxygen atoms in total. The molecule has 76 valence electrons. The number of fused-ring (bicyclic) bond motifs is 2. The predicted molar refractivity (Wildman–Crippen MR) is 54.4 cm³/mol. The Bertz CT molecular complexity index is 214. The van der Waals surface area contributed by atoms with Crippen LogP contribution in [0.1, 0.15) is 47.5 Å². The maximum absolute atomic E-state index is 10.3. The Hall–Kier alpha value is -0.0400. The molecule has 0 amide bonds. The van der Waals surface area contributed by atoms with Gasteiger partial charge in [-0.1, -0.05) is 27.7 Å². The molecule has 1 N–H and O–H groups in total.